The number of hydrogen-bond donors (Lipinski definition) is 0. The molecule has 0 bridgehead atoms. The van der Waals surface area contributed by atoms with Gasteiger partial charge in [0.1, 0.15) is 11.5 Å². The van der Waals surface area contributed by atoms with E-state index in [1.165, 1.54) is 25.2 Å². The molecule has 0 saturated heterocycles. The van der Waals surface area contributed by atoms with E-state index in [9.17, 15) is 8.78 Å². The second-order valence-electron chi connectivity index (χ2n) is 2.43. The topological polar surface area (TPSA) is 0 Å². The van der Waals surface area contributed by atoms with E-state index in [2.05, 4.69) is 0 Å². The van der Waals surface area contributed by atoms with Gasteiger partial charge in [0.2, 0.25) is 0 Å². The minimum absolute atomic E-state index is 0.122. The molecule has 1 rings (SSSR count). The molecule has 0 aromatic rings. The van der Waals surface area contributed by atoms with Crippen molar-refractivity contribution in [3.63, 3.8) is 0 Å². The first-order valence-corrected chi connectivity index (χ1v) is 2.83. The number of hydrogen-bond acceptors (Lipinski definition) is 0. The van der Waals surface area contributed by atoms with Crippen LogP contribution in [-0.4, -0.2) is 5.67 Å². The van der Waals surface area contributed by atoms with Crippen LogP contribution < -0.4 is 0 Å². The molecule has 0 N–H and O–H groups in total. The average molecular weight is 130 g/mol. The van der Waals surface area contributed by atoms with E-state index in [1.54, 1.807) is 0 Å². The molecule has 0 radical (unpaired) electrons. The van der Waals surface area contributed by atoms with Crippen molar-refractivity contribution in [3.05, 3.63) is 24.1 Å². The van der Waals surface area contributed by atoms with Crippen LogP contribution >= 0.6 is 0 Å². The van der Waals surface area contributed by atoms with E-state index >= 15 is 0 Å². The number of halogens is 2. The molecular formula is C7H8F2. The molecule has 9 heavy (non-hydrogen) atoms. The Labute approximate surface area is 52.9 Å². The van der Waals surface area contributed by atoms with Crippen LogP contribution in [0, 0.1) is 0 Å². The summed E-state index contributed by atoms with van der Waals surface area (Å²) in [4.78, 5) is 0. The van der Waals surface area contributed by atoms with Gasteiger partial charge in [-0.25, -0.2) is 8.78 Å². The minimum atomic E-state index is -1.47. The molecule has 1 atom stereocenters. The Bertz CT molecular complexity index is 166. The fraction of sp³-hybridized carbons (Fsp3) is 0.429. The fourth-order valence-electron chi connectivity index (χ4n) is 0.801. The van der Waals surface area contributed by atoms with Crippen molar-refractivity contribution in [2.24, 2.45) is 0 Å². The van der Waals surface area contributed by atoms with E-state index in [4.69, 9.17) is 0 Å². The lowest BCUT2D eigenvalue weighted by atomic mass is 9.99. The SMILES string of the molecule is CC1(F)C=CC=C(F)C1. The maximum Gasteiger partial charge on any atom is 0.132 e. The summed E-state index contributed by atoms with van der Waals surface area (Å²) >= 11 is 0. The second kappa shape index (κ2) is 1.94. The first kappa shape index (κ1) is 6.46. The minimum Gasteiger partial charge on any atom is -0.239 e. The molecule has 2 heteroatoms. The lowest BCUT2D eigenvalue weighted by molar-refractivity contribution is 0.240. The average Bonchev–Trinajstić information content (AvgIpc) is 1.60. The van der Waals surface area contributed by atoms with Gasteiger partial charge < -0.3 is 0 Å². The van der Waals surface area contributed by atoms with Gasteiger partial charge in [-0.1, -0.05) is 6.08 Å². The van der Waals surface area contributed by atoms with Crippen molar-refractivity contribution in [1.29, 1.82) is 0 Å². The third kappa shape index (κ3) is 1.63. The summed E-state index contributed by atoms with van der Waals surface area (Å²) in [6.45, 7) is 1.36. The maximum atomic E-state index is 12.8. The van der Waals surface area contributed by atoms with E-state index < -0.39 is 5.67 Å². The highest BCUT2D eigenvalue weighted by molar-refractivity contribution is 5.20. The number of alkyl halides is 1. The monoisotopic (exact) mass is 130 g/mol. The standard InChI is InChI=1S/C7H8F2/c1-7(9)4-2-3-6(8)5-7/h2-4H,5H2,1H3. The maximum absolute atomic E-state index is 12.8. The second-order valence-corrected chi connectivity index (χ2v) is 2.43. The van der Waals surface area contributed by atoms with Crippen LogP contribution in [0.4, 0.5) is 8.78 Å². The molecule has 0 nitrogen and oxygen atoms in total. The van der Waals surface area contributed by atoms with Crippen LogP contribution in [0.3, 0.4) is 0 Å². The summed E-state index contributed by atoms with van der Waals surface area (Å²) in [5.41, 5.74) is -1.47. The van der Waals surface area contributed by atoms with Gasteiger partial charge in [0.25, 0.3) is 0 Å². The molecule has 0 aliphatic heterocycles. The van der Waals surface area contributed by atoms with E-state index in [1.807, 2.05) is 0 Å². The molecule has 1 aliphatic rings. The van der Waals surface area contributed by atoms with Crippen molar-refractivity contribution in [2.45, 2.75) is 19.0 Å². The van der Waals surface area contributed by atoms with Gasteiger partial charge in [-0.15, -0.1) is 0 Å². The highest BCUT2D eigenvalue weighted by atomic mass is 19.1. The van der Waals surface area contributed by atoms with Gasteiger partial charge in [-0.3, -0.25) is 0 Å². The zero-order valence-corrected chi connectivity index (χ0v) is 5.20. The summed E-state index contributed by atoms with van der Waals surface area (Å²) in [5, 5.41) is 0. The molecule has 0 spiro atoms. The van der Waals surface area contributed by atoms with E-state index in [0.29, 0.717) is 0 Å². The summed E-state index contributed by atoms with van der Waals surface area (Å²) in [6.07, 6.45) is 3.92. The highest BCUT2D eigenvalue weighted by Gasteiger charge is 2.23. The Hall–Kier alpha value is -0.660. The molecule has 0 amide bonds. The third-order valence-electron chi connectivity index (χ3n) is 1.24. The summed E-state index contributed by atoms with van der Waals surface area (Å²) in [6, 6.07) is 0. The molecule has 0 aromatic carbocycles. The first-order chi connectivity index (χ1) is 4.10. The molecule has 0 fully saturated rings. The largest absolute Gasteiger partial charge is 0.239 e. The third-order valence-corrected chi connectivity index (χ3v) is 1.24. The Kier molecular flexibility index (Phi) is 1.39. The smallest absolute Gasteiger partial charge is 0.132 e. The van der Waals surface area contributed by atoms with Crippen LogP contribution in [0.25, 0.3) is 0 Å². The van der Waals surface area contributed by atoms with Gasteiger partial charge in [0.05, 0.1) is 0 Å². The molecule has 50 valence electrons. The molecule has 1 unspecified atom stereocenters. The molecule has 0 aromatic heterocycles. The normalized spacial score (nSPS) is 34.3. The Morgan fingerprint density at radius 2 is 2.33 bits per heavy atom. The fourth-order valence-corrected chi connectivity index (χ4v) is 0.801. The van der Waals surface area contributed by atoms with Crippen molar-refractivity contribution in [1.82, 2.24) is 0 Å². The van der Waals surface area contributed by atoms with E-state index in [-0.39, 0.29) is 12.2 Å². The lowest BCUT2D eigenvalue weighted by Gasteiger charge is -2.16. The Balaban J connectivity index is 2.73. The van der Waals surface area contributed by atoms with Gasteiger partial charge in [-0.05, 0) is 19.1 Å². The summed E-state index contributed by atoms with van der Waals surface area (Å²) < 4.78 is 25.0. The van der Waals surface area contributed by atoms with Crippen LogP contribution in [0.15, 0.2) is 24.1 Å². The van der Waals surface area contributed by atoms with Crippen molar-refractivity contribution >= 4 is 0 Å². The van der Waals surface area contributed by atoms with Gasteiger partial charge in [0, 0.05) is 6.42 Å². The zero-order chi connectivity index (χ0) is 6.91. The van der Waals surface area contributed by atoms with Gasteiger partial charge in [0.15, 0.2) is 0 Å². The lowest BCUT2D eigenvalue weighted by Crippen LogP contribution is -2.15. The Morgan fingerprint density at radius 3 is 2.67 bits per heavy atom. The van der Waals surface area contributed by atoms with Gasteiger partial charge >= 0.3 is 0 Å². The van der Waals surface area contributed by atoms with Crippen molar-refractivity contribution < 1.29 is 8.78 Å². The van der Waals surface area contributed by atoms with Crippen LogP contribution in [0.5, 0.6) is 0 Å². The molecular weight excluding hydrogens is 122 g/mol. The van der Waals surface area contributed by atoms with Crippen LogP contribution in [-0.2, 0) is 0 Å². The first-order valence-electron chi connectivity index (χ1n) is 2.83. The number of rotatable bonds is 0. The predicted molar refractivity (Wildman–Crippen MR) is 32.5 cm³/mol. The summed E-state index contributed by atoms with van der Waals surface area (Å²) in [7, 11) is 0. The predicted octanol–water partition coefficient (Wildman–Crippen LogP) is 2.53. The van der Waals surface area contributed by atoms with Crippen LogP contribution in [0.1, 0.15) is 13.3 Å². The van der Waals surface area contributed by atoms with Crippen molar-refractivity contribution in [2.75, 3.05) is 0 Å². The Morgan fingerprint density at radius 1 is 1.67 bits per heavy atom. The number of allylic oxidation sites excluding steroid dienone is 4. The van der Waals surface area contributed by atoms with Gasteiger partial charge in [-0.2, -0.15) is 0 Å². The zero-order valence-electron chi connectivity index (χ0n) is 5.20. The molecule has 0 heterocycles. The molecule has 1 aliphatic carbocycles. The van der Waals surface area contributed by atoms with Crippen molar-refractivity contribution in [3.8, 4) is 0 Å². The van der Waals surface area contributed by atoms with Crippen LogP contribution in [0.2, 0.25) is 0 Å². The van der Waals surface area contributed by atoms with E-state index in [0.717, 1.165) is 0 Å². The quantitative estimate of drug-likeness (QED) is 0.472. The summed E-state index contributed by atoms with van der Waals surface area (Å²) in [5.74, 6) is -0.387. The molecule has 0 saturated carbocycles. The highest BCUT2D eigenvalue weighted by Crippen LogP contribution is 2.26.